The van der Waals surface area contributed by atoms with Crippen molar-refractivity contribution in [3.63, 3.8) is 0 Å². The van der Waals surface area contributed by atoms with Gasteiger partial charge in [0.15, 0.2) is 0 Å². The molecule has 0 aliphatic heterocycles. The Hall–Kier alpha value is -0.580. The van der Waals surface area contributed by atoms with Gasteiger partial charge in [0.1, 0.15) is 5.76 Å². The molecule has 0 saturated heterocycles. The van der Waals surface area contributed by atoms with E-state index in [1.54, 1.807) is 17.6 Å². The standard InChI is InChI=1S/C14H18BrNOS/c1-3-7-16-13(12-6-8-17-10(12)2)9-11-4-5-14(15)18-11/h4-6,8,13,16H,3,7,9H2,1-2H3. The Kier molecular flexibility index (Phi) is 5.03. The maximum atomic E-state index is 5.42. The molecule has 1 unspecified atom stereocenters. The summed E-state index contributed by atoms with van der Waals surface area (Å²) in [5.74, 6) is 1.01. The molecule has 98 valence electrons. The summed E-state index contributed by atoms with van der Waals surface area (Å²) in [6.45, 7) is 5.25. The van der Waals surface area contributed by atoms with E-state index in [0.29, 0.717) is 6.04 Å². The van der Waals surface area contributed by atoms with Gasteiger partial charge >= 0.3 is 0 Å². The Balaban J connectivity index is 2.12. The van der Waals surface area contributed by atoms with Gasteiger partial charge in [0.2, 0.25) is 0 Å². The number of furan rings is 1. The lowest BCUT2D eigenvalue weighted by Crippen LogP contribution is -2.24. The monoisotopic (exact) mass is 327 g/mol. The highest BCUT2D eigenvalue weighted by Crippen LogP contribution is 2.28. The van der Waals surface area contributed by atoms with E-state index in [0.717, 1.165) is 25.1 Å². The molecular formula is C14H18BrNOS. The van der Waals surface area contributed by atoms with Crippen LogP contribution in [0.1, 0.15) is 35.6 Å². The van der Waals surface area contributed by atoms with E-state index in [4.69, 9.17) is 4.42 Å². The molecule has 18 heavy (non-hydrogen) atoms. The molecule has 1 N–H and O–H groups in total. The van der Waals surface area contributed by atoms with Crippen LogP contribution in [0, 0.1) is 6.92 Å². The summed E-state index contributed by atoms with van der Waals surface area (Å²) in [6, 6.07) is 6.71. The van der Waals surface area contributed by atoms with Crippen LogP contribution in [0.15, 0.2) is 32.7 Å². The Morgan fingerprint density at radius 3 is 2.78 bits per heavy atom. The van der Waals surface area contributed by atoms with E-state index >= 15 is 0 Å². The van der Waals surface area contributed by atoms with E-state index in [-0.39, 0.29) is 0 Å². The average Bonchev–Trinajstić information content (AvgIpc) is 2.93. The molecule has 0 amide bonds. The minimum Gasteiger partial charge on any atom is -0.469 e. The topological polar surface area (TPSA) is 25.2 Å². The molecule has 0 aromatic carbocycles. The first kappa shape index (κ1) is 13.8. The maximum Gasteiger partial charge on any atom is 0.105 e. The van der Waals surface area contributed by atoms with Crippen molar-refractivity contribution in [2.24, 2.45) is 0 Å². The lowest BCUT2D eigenvalue weighted by molar-refractivity contribution is 0.495. The van der Waals surface area contributed by atoms with Gasteiger partial charge in [-0.2, -0.15) is 0 Å². The molecule has 4 heteroatoms. The first-order valence-corrected chi connectivity index (χ1v) is 7.83. The van der Waals surface area contributed by atoms with Gasteiger partial charge in [-0.1, -0.05) is 6.92 Å². The number of hydrogen-bond donors (Lipinski definition) is 1. The molecule has 0 fully saturated rings. The van der Waals surface area contributed by atoms with Crippen molar-refractivity contribution in [2.75, 3.05) is 6.54 Å². The van der Waals surface area contributed by atoms with Crippen LogP contribution in [0.25, 0.3) is 0 Å². The minimum atomic E-state index is 0.342. The molecule has 2 aromatic rings. The molecule has 0 aliphatic rings. The maximum absolute atomic E-state index is 5.42. The zero-order valence-electron chi connectivity index (χ0n) is 10.7. The van der Waals surface area contributed by atoms with Gasteiger partial charge in [0.25, 0.3) is 0 Å². The Morgan fingerprint density at radius 1 is 1.39 bits per heavy atom. The summed E-state index contributed by atoms with van der Waals surface area (Å²) in [5, 5.41) is 3.60. The van der Waals surface area contributed by atoms with Gasteiger partial charge in [0.05, 0.1) is 10.0 Å². The minimum absolute atomic E-state index is 0.342. The fourth-order valence-corrected chi connectivity index (χ4v) is 3.56. The second-order valence-corrected chi connectivity index (χ2v) is 6.90. The zero-order chi connectivity index (χ0) is 13.0. The van der Waals surface area contributed by atoms with Crippen LogP contribution >= 0.6 is 27.3 Å². The Bertz CT molecular complexity index is 491. The number of halogens is 1. The van der Waals surface area contributed by atoms with Crippen LogP contribution in [-0.4, -0.2) is 6.54 Å². The number of thiophene rings is 1. The second-order valence-electron chi connectivity index (χ2n) is 4.35. The van der Waals surface area contributed by atoms with E-state index in [9.17, 15) is 0 Å². The molecule has 0 bridgehead atoms. The summed E-state index contributed by atoms with van der Waals surface area (Å²) in [7, 11) is 0. The molecule has 2 aromatic heterocycles. The van der Waals surface area contributed by atoms with Crippen molar-refractivity contribution in [2.45, 2.75) is 32.7 Å². The van der Waals surface area contributed by atoms with Gasteiger partial charge in [-0.3, -0.25) is 0 Å². The van der Waals surface area contributed by atoms with E-state index in [2.05, 4.69) is 46.4 Å². The first-order chi connectivity index (χ1) is 8.70. The lowest BCUT2D eigenvalue weighted by Gasteiger charge is -2.17. The molecule has 0 radical (unpaired) electrons. The molecular weight excluding hydrogens is 310 g/mol. The van der Waals surface area contributed by atoms with Gasteiger partial charge in [0, 0.05) is 22.9 Å². The third-order valence-corrected chi connectivity index (χ3v) is 4.60. The van der Waals surface area contributed by atoms with E-state index < -0.39 is 0 Å². The lowest BCUT2D eigenvalue weighted by atomic mass is 10.0. The summed E-state index contributed by atoms with van der Waals surface area (Å²) in [6.07, 6.45) is 3.92. The highest BCUT2D eigenvalue weighted by Gasteiger charge is 2.16. The van der Waals surface area contributed by atoms with Crippen molar-refractivity contribution >= 4 is 27.3 Å². The molecule has 0 spiro atoms. The number of hydrogen-bond acceptors (Lipinski definition) is 3. The number of rotatable bonds is 6. The van der Waals surface area contributed by atoms with Crippen molar-refractivity contribution in [3.05, 3.63) is 44.4 Å². The van der Waals surface area contributed by atoms with Crippen LogP contribution in [-0.2, 0) is 6.42 Å². The Labute approximate surface area is 121 Å². The third kappa shape index (κ3) is 3.46. The van der Waals surface area contributed by atoms with Crippen LogP contribution in [0.3, 0.4) is 0 Å². The fourth-order valence-electron chi connectivity index (χ4n) is 2.03. The normalized spacial score (nSPS) is 12.8. The SMILES string of the molecule is CCCNC(Cc1ccc(Br)s1)c1ccoc1C. The van der Waals surface area contributed by atoms with Crippen LogP contribution in [0.5, 0.6) is 0 Å². The molecule has 2 nitrogen and oxygen atoms in total. The molecule has 0 aliphatic carbocycles. The Morgan fingerprint density at radius 2 is 2.22 bits per heavy atom. The quantitative estimate of drug-likeness (QED) is 0.832. The van der Waals surface area contributed by atoms with Gasteiger partial charge in [-0.25, -0.2) is 0 Å². The number of nitrogens with one attached hydrogen (secondary N) is 1. The second kappa shape index (κ2) is 6.55. The molecule has 2 heterocycles. The highest BCUT2D eigenvalue weighted by molar-refractivity contribution is 9.11. The van der Waals surface area contributed by atoms with Crippen molar-refractivity contribution in [3.8, 4) is 0 Å². The van der Waals surface area contributed by atoms with Crippen molar-refractivity contribution in [1.29, 1.82) is 0 Å². The zero-order valence-corrected chi connectivity index (χ0v) is 13.1. The smallest absolute Gasteiger partial charge is 0.105 e. The van der Waals surface area contributed by atoms with Crippen molar-refractivity contribution < 1.29 is 4.42 Å². The average molecular weight is 328 g/mol. The van der Waals surface area contributed by atoms with E-state index in [1.165, 1.54) is 14.2 Å². The molecule has 1 atom stereocenters. The van der Waals surface area contributed by atoms with Crippen LogP contribution < -0.4 is 5.32 Å². The highest BCUT2D eigenvalue weighted by atomic mass is 79.9. The molecule has 0 saturated carbocycles. The van der Waals surface area contributed by atoms with Gasteiger partial charge in [-0.15, -0.1) is 11.3 Å². The first-order valence-electron chi connectivity index (χ1n) is 6.22. The molecule has 2 rings (SSSR count). The van der Waals surface area contributed by atoms with Crippen molar-refractivity contribution in [1.82, 2.24) is 5.32 Å². The third-order valence-electron chi connectivity index (χ3n) is 2.95. The predicted molar refractivity (Wildman–Crippen MR) is 80.2 cm³/mol. The largest absolute Gasteiger partial charge is 0.469 e. The van der Waals surface area contributed by atoms with Gasteiger partial charge < -0.3 is 9.73 Å². The summed E-state index contributed by atoms with van der Waals surface area (Å²) in [4.78, 5) is 1.39. The van der Waals surface area contributed by atoms with Crippen LogP contribution in [0.2, 0.25) is 0 Å². The van der Waals surface area contributed by atoms with E-state index in [1.807, 2.05) is 6.92 Å². The number of aryl methyl sites for hydroxylation is 1. The fraction of sp³-hybridized carbons (Fsp3) is 0.429. The van der Waals surface area contributed by atoms with Crippen LogP contribution in [0.4, 0.5) is 0 Å². The summed E-state index contributed by atoms with van der Waals surface area (Å²) in [5.41, 5.74) is 1.27. The summed E-state index contributed by atoms with van der Waals surface area (Å²) >= 11 is 5.32. The predicted octanol–water partition coefficient (Wildman–Crippen LogP) is 4.70. The van der Waals surface area contributed by atoms with Gasteiger partial charge in [-0.05, 0) is 54.0 Å². The summed E-state index contributed by atoms with van der Waals surface area (Å²) < 4.78 is 6.61.